The fraction of sp³-hybridized carbons (Fsp3) is 0.571. The van der Waals surface area contributed by atoms with E-state index in [-0.39, 0.29) is 11.7 Å². The number of aromatic nitrogens is 3. The highest BCUT2D eigenvalue weighted by Gasteiger charge is 2.49. The molecule has 2 N–H and O–H groups in total. The zero-order chi connectivity index (χ0) is 28.7. The van der Waals surface area contributed by atoms with Crippen molar-refractivity contribution in [2.24, 2.45) is 0 Å². The Bertz CT molecular complexity index is 1070. The van der Waals surface area contributed by atoms with Crippen LogP contribution in [-0.2, 0) is 25.7 Å². The predicted octanol–water partition coefficient (Wildman–Crippen LogP) is 3.77. The van der Waals surface area contributed by atoms with E-state index in [1.165, 1.54) is 5.56 Å². The molecule has 0 radical (unpaired) electrons. The molecule has 2 fully saturated rings. The maximum atomic E-state index is 10.6. The van der Waals surface area contributed by atoms with E-state index in [4.69, 9.17) is 29.3 Å². The van der Waals surface area contributed by atoms with Crippen LogP contribution in [0.2, 0.25) is 0 Å². The van der Waals surface area contributed by atoms with Crippen molar-refractivity contribution in [3.05, 3.63) is 34.6 Å². The Hall–Kier alpha value is -3.05. The standard InChI is InChI=1S/C17H22N4O2S.2C2HF3O2/c1-12-5-14(8-18-7-12)9-22-15-3-4-23-17(6-15)10-21(11-17)16-20-19-13(2)24-16;2*3-2(4,5)1(6)7/h5,7-8,15H,3-4,6,9-11H2,1-2H3;2*(H,6,7). The van der Waals surface area contributed by atoms with Crippen molar-refractivity contribution >= 4 is 28.4 Å². The van der Waals surface area contributed by atoms with Crippen molar-refractivity contribution in [3.8, 4) is 0 Å². The first-order valence-corrected chi connectivity index (χ1v) is 11.6. The van der Waals surface area contributed by atoms with E-state index in [2.05, 4.69) is 33.1 Å². The van der Waals surface area contributed by atoms with E-state index in [1.54, 1.807) is 11.3 Å². The fourth-order valence-corrected chi connectivity index (χ4v) is 4.14. The van der Waals surface area contributed by atoms with E-state index in [0.717, 1.165) is 48.2 Å². The third-order valence-electron chi connectivity index (χ3n) is 5.09. The van der Waals surface area contributed by atoms with E-state index in [0.29, 0.717) is 6.61 Å². The highest BCUT2D eigenvalue weighted by molar-refractivity contribution is 7.15. The molecular formula is C21H24F6N4O6S. The second-order valence-electron chi connectivity index (χ2n) is 8.39. The molecule has 1 unspecified atom stereocenters. The normalized spacial score (nSPS) is 18.4. The Balaban J connectivity index is 0.000000301. The van der Waals surface area contributed by atoms with E-state index in [9.17, 15) is 26.3 Å². The average molecular weight is 575 g/mol. The number of carbonyl (C=O) groups is 2. The molecule has 38 heavy (non-hydrogen) atoms. The topological polar surface area (TPSA) is 135 Å². The largest absolute Gasteiger partial charge is 0.490 e. The number of aryl methyl sites for hydroxylation is 2. The molecule has 2 aliphatic heterocycles. The van der Waals surface area contributed by atoms with Gasteiger partial charge in [-0.25, -0.2) is 9.59 Å². The van der Waals surface area contributed by atoms with Gasteiger partial charge in [-0.1, -0.05) is 17.4 Å². The van der Waals surface area contributed by atoms with Crippen molar-refractivity contribution < 1.29 is 55.6 Å². The number of pyridine rings is 1. The summed E-state index contributed by atoms with van der Waals surface area (Å²) in [5.74, 6) is -5.51. The molecule has 0 saturated carbocycles. The first-order chi connectivity index (χ1) is 17.5. The van der Waals surface area contributed by atoms with Crippen LogP contribution in [0, 0.1) is 13.8 Å². The van der Waals surface area contributed by atoms with Gasteiger partial charge in [0.2, 0.25) is 5.13 Å². The highest BCUT2D eigenvalue weighted by Crippen LogP contribution is 2.38. The summed E-state index contributed by atoms with van der Waals surface area (Å²) in [6, 6.07) is 2.13. The number of hydrogen-bond donors (Lipinski definition) is 2. The van der Waals surface area contributed by atoms with Crippen LogP contribution >= 0.6 is 11.3 Å². The van der Waals surface area contributed by atoms with Crippen molar-refractivity contribution in [3.63, 3.8) is 0 Å². The third kappa shape index (κ3) is 9.68. The van der Waals surface area contributed by atoms with Crippen LogP contribution in [0.25, 0.3) is 0 Å². The lowest BCUT2D eigenvalue weighted by atomic mass is 9.85. The molecule has 2 aromatic heterocycles. The molecule has 2 saturated heterocycles. The Morgan fingerprint density at radius 1 is 1.11 bits per heavy atom. The van der Waals surface area contributed by atoms with Gasteiger partial charge >= 0.3 is 24.3 Å². The van der Waals surface area contributed by atoms with Gasteiger partial charge in [0.25, 0.3) is 0 Å². The van der Waals surface area contributed by atoms with Gasteiger partial charge in [0, 0.05) is 25.4 Å². The minimum absolute atomic E-state index is 0.0760. The lowest BCUT2D eigenvalue weighted by Crippen LogP contribution is -2.66. The molecule has 1 atom stereocenters. The summed E-state index contributed by atoms with van der Waals surface area (Å²) < 4.78 is 75.7. The Morgan fingerprint density at radius 3 is 2.16 bits per heavy atom. The van der Waals surface area contributed by atoms with Gasteiger partial charge in [-0.2, -0.15) is 26.3 Å². The van der Waals surface area contributed by atoms with Crippen LogP contribution in [0.1, 0.15) is 29.0 Å². The number of aliphatic carboxylic acids is 2. The molecule has 0 bridgehead atoms. The number of halogens is 6. The fourth-order valence-electron chi connectivity index (χ4n) is 3.45. The molecule has 10 nitrogen and oxygen atoms in total. The summed E-state index contributed by atoms with van der Waals surface area (Å²) in [7, 11) is 0. The summed E-state index contributed by atoms with van der Waals surface area (Å²) in [5, 5.41) is 24.6. The predicted molar refractivity (Wildman–Crippen MR) is 120 cm³/mol. The lowest BCUT2D eigenvalue weighted by molar-refractivity contribution is -0.193. The monoisotopic (exact) mass is 574 g/mol. The number of rotatable bonds is 4. The molecule has 4 heterocycles. The molecule has 17 heteroatoms. The average Bonchev–Trinajstić information content (AvgIpc) is 3.22. The minimum atomic E-state index is -5.08. The SMILES string of the molecule is Cc1cncc(COC2CCOC3(C2)CN(c2nnc(C)s2)C3)c1.O=C(O)C(F)(F)F.O=C(O)C(F)(F)F. The summed E-state index contributed by atoms with van der Waals surface area (Å²) >= 11 is 1.64. The van der Waals surface area contributed by atoms with Crippen LogP contribution in [0.3, 0.4) is 0 Å². The first kappa shape index (κ1) is 31.2. The van der Waals surface area contributed by atoms with Crippen LogP contribution < -0.4 is 4.90 Å². The van der Waals surface area contributed by atoms with Crippen LogP contribution in [0.4, 0.5) is 31.5 Å². The summed E-state index contributed by atoms with van der Waals surface area (Å²) in [4.78, 5) is 24.3. The van der Waals surface area contributed by atoms with Gasteiger partial charge in [0.05, 0.1) is 25.8 Å². The van der Waals surface area contributed by atoms with Crippen molar-refractivity contribution in [1.82, 2.24) is 15.2 Å². The lowest BCUT2D eigenvalue weighted by Gasteiger charge is -2.52. The molecule has 4 rings (SSSR count). The highest BCUT2D eigenvalue weighted by atomic mass is 32.1. The molecule has 1 spiro atoms. The number of hydrogen-bond acceptors (Lipinski definition) is 9. The summed E-state index contributed by atoms with van der Waals surface area (Å²) in [5.41, 5.74) is 2.23. The number of carboxylic acids is 2. The van der Waals surface area contributed by atoms with Gasteiger partial charge in [-0.15, -0.1) is 10.2 Å². The van der Waals surface area contributed by atoms with Crippen molar-refractivity contribution in [2.75, 3.05) is 24.6 Å². The van der Waals surface area contributed by atoms with Crippen LogP contribution in [-0.4, -0.2) is 81.1 Å². The van der Waals surface area contributed by atoms with Gasteiger partial charge in [0.1, 0.15) is 10.6 Å². The quantitative estimate of drug-likeness (QED) is 0.520. The van der Waals surface area contributed by atoms with Gasteiger partial charge in [-0.05, 0) is 31.4 Å². The van der Waals surface area contributed by atoms with Crippen LogP contribution in [0.5, 0.6) is 0 Å². The molecule has 0 aromatic carbocycles. The molecular weight excluding hydrogens is 550 g/mol. The Kier molecular flexibility index (Phi) is 10.4. The molecule has 212 valence electrons. The molecule has 2 aliphatic rings. The molecule has 2 aromatic rings. The molecule has 0 aliphatic carbocycles. The van der Waals surface area contributed by atoms with E-state index < -0.39 is 24.3 Å². The number of carboxylic acid groups (broad SMARTS) is 2. The maximum Gasteiger partial charge on any atom is 0.490 e. The molecule has 0 amide bonds. The number of ether oxygens (including phenoxy) is 2. The number of anilines is 1. The Labute approximate surface area is 216 Å². The third-order valence-corrected chi connectivity index (χ3v) is 5.99. The van der Waals surface area contributed by atoms with Crippen molar-refractivity contribution in [1.29, 1.82) is 0 Å². The van der Waals surface area contributed by atoms with Crippen LogP contribution in [0.15, 0.2) is 18.5 Å². The van der Waals surface area contributed by atoms with E-state index in [1.807, 2.05) is 19.3 Å². The van der Waals surface area contributed by atoms with E-state index >= 15 is 0 Å². The zero-order valence-electron chi connectivity index (χ0n) is 20.0. The first-order valence-electron chi connectivity index (χ1n) is 10.8. The summed E-state index contributed by atoms with van der Waals surface area (Å²) in [6.07, 6.45) is -4.27. The second kappa shape index (κ2) is 12.7. The number of alkyl halides is 6. The smallest absolute Gasteiger partial charge is 0.475 e. The van der Waals surface area contributed by atoms with Gasteiger partial charge in [-0.3, -0.25) is 4.98 Å². The Morgan fingerprint density at radius 2 is 1.68 bits per heavy atom. The van der Waals surface area contributed by atoms with Gasteiger partial charge in [0.15, 0.2) is 0 Å². The van der Waals surface area contributed by atoms with Gasteiger partial charge < -0.3 is 24.6 Å². The second-order valence-corrected chi connectivity index (χ2v) is 9.55. The zero-order valence-corrected chi connectivity index (χ0v) is 20.9. The van der Waals surface area contributed by atoms with Crippen molar-refractivity contribution in [2.45, 2.75) is 57.4 Å². The maximum absolute atomic E-state index is 10.6. The summed E-state index contributed by atoms with van der Waals surface area (Å²) in [6.45, 7) is 7.19. The number of nitrogens with zero attached hydrogens (tertiary/aromatic N) is 4. The minimum Gasteiger partial charge on any atom is -0.475 e.